The van der Waals surface area contributed by atoms with Crippen LogP contribution in [-0.2, 0) is 5.41 Å². The van der Waals surface area contributed by atoms with Crippen LogP contribution >= 0.6 is 11.8 Å². The van der Waals surface area contributed by atoms with E-state index in [1.807, 2.05) is 33.0 Å². The van der Waals surface area contributed by atoms with Gasteiger partial charge in [0.15, 0.2) is 58.2 Å². The summed E-state index contributed by atoms with van der Waals surface area (Å²) < 4.78 is 226. The average Bonchev–Trinajstić information content (AvgIpc) is 0.709. The highest BCUT2D eigenvalue weighted by Gasteiger charge is 2.43. The first-order valence-corrected chi connectivity index (χ1v) is 48.0. The third-order valence-electron chi connectivity index (χ3n) is 25.9. The summed E-state index contributed by atoms with van der Waals surface area (Å²) in [5.74, 6) is -30.5. The Labute approximate surface area is 834 Å². The van der Waals surface area contributed by atoms with Crippen LogP contribution in [0.2, 0.25) is 13.1 Å². The van der Waals surface area contributed by atoms with Crippen LogP contribution in [-0.4, -0.2) is 89.0 Å². The fourth-order valence-corrected chi connectivity index (χ4v) is 22.8. The highest BCUT2D eigenvalue weighted by molar-refractivity contribution is 7.99. The van der Waals surface area contributed by atoms with Crippen molar-refractivity contribution in [1.82, 2.24) is 0 Å². The van der Waals surface area contributed by atoms with E-state index in [0.29, 0.717) is 90.1 Å². The lowest BCUT2D eigenvalue weighted by atomic mass is 9.68. The van der Waals surface area contributed by atoms with Crippen molar-refractivity contribution >= 4 is 121 Å². The molecule has 0 aromatic heterocycles. The van der Waals surface area contributed by atoms with Crippen LogP contribution in [0.1, 0.15) is 160 Å². The van der Waals surface area contributed by atoms with Gasteiger partial charge in [-0.2, -0.15) is 0 Å². The molecule has 10 N–H and O–H groups in total. The lowest BCUT2D eigenvalue weighted by Crippen LogP contribution is -2.63. The number of carbonyl (C=O) groups is 5. The maximum Gasteiger partial charge on any atom is 0.339 e. The molecule has 3 aliphatic heterocycles. The number of hydrogen-bond acceptors (Lipinski definition) is 12. The molecule has 0 bridgehead atoms. The van der Waals surface area contributed by atoms with E-state index in [1.54, 1.807) is 91.0 Å². The molecule has 15 aromatic carbocycles. The smallest absolute Gasteiger partial charge is 0.339 e. The molecule has 750 valence electrons. The first-order valence-electron chi connectivity index (χ1n) is 44.2. The monoisotopic (exact) mass is 2060 g/mol. The Morgan fingerprint density at radius 1 is 0.291 bits per heavy atom. The van der Waals surface area contributed by atoms with E-state index in [-0.39, 0.29) is 78.9 Å². The second kappa shape index (κ2) is 39.7. The summed E-state index contributed by atoms with van der Waals surface area (Å²) in [5, 5.41) is 104. The molecule has 4 aliphatic rings. The number of aromatic carboxylic acids is 5. The molecule has 0 spiro atoms. The maximum absolute atomic E-state index is 15.4. The zero-order valence-corrected chi connectivity index (χ0v) is 80.8. The molecule has 3 heterocycles. The molecule has 0 amide bonds. The molecule has 0 radical (unpaired) electrons. The van der Waals surface area contributed by atoms with Crippen molar-refractivity contribution in [1.29, 1.82) is 0 Å². The Kier molecular flexibility index (Phi) is 28.1. The first-order chi connectivity index (χ1) is 69.5. The van der Waals surface area contributed by atoms with Gasteiger partial charge in [-0.3, -0.25) is 0 Å². The SMILES string of the molecule is C=c1ccc(=C(c2ccc(O)cc2)c2c(F)c(C)c(F)c(F)c2C(=O)O)cc1.C=c1ccc2c(c1)C(C)(C)c1cc(O)ccc1C=2c1c(F)c(C)c(F)c(F)c1C(=O)O.C=c1ccc2c(c1)Oc1cc(O)ccc1C=2c1c(F)c(C)c(F)c(F)c1C(=O)O.C=c1ccc2c(c1)Sc1cc(O)ccc1C=2c1c(F)c(C)c(F)c(F)c1C(=O)O.C=c1ccc2c(c1)[Si](C)(C)c1cc(O)ccc1C=2c1c(F)c(C)c(F)c(F)c1C(=O)O. The minimum absolute atomic E-state index is 0.00769. The zero-order chi connectivity index (χ0) is 108. The van der Waals surface area contributed by atoms with Gasteiger partial charge in [0.1, 0.15) is 105 Å². The van der Waals surface area contributed by atoms with Crippen LogP contribution in [0.5, 0.6) is 40.2 Å². The normalized spacial score (nSPS) is 12.8. The van der Waals surface area contributed by atoms with Crippen molar-refractivity contribution in [2.75, 3.05) is 0 Å². The molecule has 33 heteroatoms. The quantitative estimate of drug-likeness (QED) is 0.0327. The summed E-state index contributed by atoms with van der Waals surface area (Å²) in [6.07, 6.45) is 0. The predicted octanol–water partition coefficient (Wildman–Crippen LogP) is 17.7. The van der Waals surface area contributed by atoms with E-state index in [0.717, 1.165) is 45.0 Å². The number of rotatable bonds is 11. The molecule has 0 fully saturated rings. The van der Waals surface area contributed by atoms with E-state index in [1.165, 1.54) is 109 Å². The van der Waals surface area contributed by atoms with Gasteiger partial charge in [-0.05, 0) is 210 Å². The standard InChI is InChI=1S/C25H19F3O3.C24H19F3O3Si.C22H13F3O4.C22H13F3O3S.C22H15F3O3/c1-11-5-7-14-16(9-11)25(3,4)17-10-13(29)6-8-15(17)18(14)19-20(24(30)31)23(28)22(27)12(2)21(19)26;1-11-5-7-14-16(9-11)31(3,4)17-10-13(28)6-8-15(17)18(14)19-20(24(29)30)23(27)22(26)12(2)21(19)25;2*1-9-3-5-12-14(7-9)29-15-8-11(26)4-6-13(15)16(12)17-18(22(27)28)21(25)20(24)10(2)19(17)23;1-11-3-5-13(6-4-11)16(14-7-9-15(26)10-8-14)17-18(22(27)28)21(25)20(24)12(2)19(17)23/h5-10,29H,1H2,2-4H3,(H,30,31);5-10,28H,1H2,2-4H3,(H,29,30);2*3-8,26H,1H2,2H3,(H,27,28);3-10,26H,1H2,2H3,(H,27,28). The Bertz CT molecular complexity index is 8640. The number of halogens is 15. The van der Waals surface area contributed by atoms with Gasteiger partial charge in [-0.15, -0.1) is 0 Å². The number of ether oxygens (including phenoxy) is 1. The van der Waals surface area contributed by atoms with Crippen LogP contribution in [0.3, 0.4) is 0 Å². The summed E-state index contributed by atoms with van der Waals surface area (Å²) in [5.41, 5.74) is -8.22. The average molecular weight is 2060 g/mol. The van der Waals surface area contributed by atoms with E-state index < -0.39 is 214 Å². The maximum atomic E-state index is 15.4. The van der Waals surface area contributed by atoms with Gasteiger partial charge in [-0.1, -0.05) is 181 Å². The van der Waals surface area contributed by atoms with Crippen molar-refractivity contribution in [2.24, 2.45) is 0 Å². The lowest BCUT2D eigenvalue weighted by molar-refractivity contribution is 0.0678. The fraction of sp³-hybridized carbons (Fsp3) is 0.0870. The van der Waals surface area contributed by atoms with Gasteiger partial charge < -0.3 is 55.8 Å². The van der Waals surface area contributed by atoms with Crippen molar-refractivity contribution in [3.63, 3.8) is 0 Å². The lowest BCUT2D eigenvalue weighted by Gasteiger charge is -2.35. The number of phenolic OH excluding ortho intramolecular Hbond substituents is 5. The molecule has 16 nitrogen and oxygen atoms in total. The molecule has 0 saturated heterocycles. The molecule has 19 rings (SSSR count). The highest BCUT2D eigenvalue weighted by Crippen LogP contribution is 2.48. The van der Waals surface area contributed by atoms with Gasteiger partial charge in [0, 0.05) is 110 Å². The first kappa shape index (κ1) is 105. The number of hydrogen-bond donors (Lipinski definition) is 10. The number of carboxylic acid groups (broad SMARTS) is 5. The minimum Gasteiger partial charge on any atom is -0.508 e. The predicted molar refractivity (Wildman–Crippen MR) is 528 cm³/mol. The van der Waals surface area contributed by atoms with Crippen molar-refractivity contribution < 1.29 is 146 Å². The molecule has 0 unspecified atom stereocenters. The van der Waals surface area contributed by atoms with Crippen LogP contribution in [0.25, 0.3) is 60.8 Å². The van der Waals surface area contributed by atoms with Gasteiger partial charge in [0.05, 0.1) is 0 Å². The number of carboxylic acids is 5. The Balaban J connectivity index is 0.000000139. The highest BCUT2D eigenvalue weighted by atomic mass is 32.2. The second-order valence-corrected chi connectivity index (χ2v) is 41.3. The van der Waals surface area contributed by atoms with Crippen molar-refractivity contribution in [3.8, 4) is 40.2 Å². The molecule has 0 atom stereocenters. The third-order valence-corrected chi connectivity index (χ3v) is 30.5. The van der Waals surface area contributed by atoms with E-state index in [2.05, 4.69) is 32.9 Å². The molecule has 148 heavy (non-hydrogen) atoms. The topological polar surface area (TPSA) is 297 Å². The second-order valence-electron chi connectivity index (χ2n) is 35.9. The number of aromatic hydroxyl groups is 5. The Morgan fingerprint density at radius 2 is 0.642 bits per heavy atom. The summed E-state index contributed by atoms with van der Waals surface area (Å²) in [7, 11) is -2.43. The summed E-state index contributed by atoms with van der Waals surface area (Å²) in [6, 6.07) is 49.3. The Hall–Kier alpha value is -17.3. The van der Waals surface area contributed by atoms with Crippen molar-refractivity contribution in [3.05, 3.63) is 456 Å². The molecular formula is C115H79F15O16SSi. The minimum atomic E-state index is -2.43. The summed E-state index contributed by atoms with van der Waals surface area (Å²) >= 11 is 1.28. The van der Waals surface area contributed by atoms with Crippen LogP contribution in [0, 0.1) is 122 Å². The molecule has 0 saturated carbocycles. The fourth-order valence-electron chi connectivity index (χ4n) is 18.5. The van der Waals surface area contributed by atoms with Crippen LogP contribution in [0.4, 0.5) is 65.9 Å². The van der Waals surface area contributed by atoms with E-state index >= 15 is 22.0 Å². The summed E-state index contributed by atoms with van der Waals surface area (Å²) in [6.45, 7) is 32.5. The number of phenols is 5. The van der Waals surface area contributed by atoms with E-state index in [9.17, 15) is 119 Å². The van der Waals surface area contributed by atoms with E-state index in [4.69, 9.17) is 4.74 Å². The molecule has 1 aliphatic carbocycles. The van der Waals surface area contributed by atoms with Gasteiger partial charge in [0.25, 0.3) is 0 Å². The number of fused-ring (bicyclic) bond motifs is 8. The molecular weight excluding hydrogens is 1980 g/mol. The van der Waals surface area contributed by atoms with Gasteiger partial charge >= 0.3 is 29.8 Å². The zero-order valence-electron chi connectivity index (χ0n) is 79.0. The van der Waals surface area contributed by atoms with Gasteiger partial charge in [-0.25, -0.2) is 89.8 Å². The Morgan fingerprint density at radius 3 is 1.11 bits per heavy atom. The van der Waals surface area contributed by atoms with Crippen LogP contribution < -0.4 is 67.3 Å². The summed E-state index contributed by atoms with van der Waals surface area (Å²) in [4.78, 5) is 60.3. The van der Waals surface area contributed by atoms with Gasteiger partial charge in [0.2, 0.25) is 0 Å². The van der Waals surface area contributed by atoms with Crippen LogP contribution in [0.15, 0.2) is 204 Å². The third kappa shape index (κ3) is 18.3. The molecule has 15 aromatic rings. The largest absolute Gasteiger partial charge is 0.508 e. The van der Waals surface area contributed by atoms with Crippen molar-refractivity contribution in [2.45, 2.75) is 76.8 Å². The number of benzene rings is 15.